The Balaban J connectivity index is 1.54. The highest BCUT2D eigenvalue weighted by atomic mass is 16.2. The van der Waals surface area contributed by atoms with Gasteiger partial charge in [-0.25, -0.2) is 0 Å². The predicted octanol–water partition coefficient (Wildman–Crippen LogP) is 3.61. The Morgan fingerprint density at radius 2 is 1.52 bits per heavy atom. The molecule has 1 saturated heterocycles. The average molecular weight is 364 g/mol. The van der Waals surface area contributed by atoms with E-state index in [1.165, 1.54) is 11.1 Å². The first kappa shape index (κ1) is 19.2. The second kappa shape index (κ2) is 8.85. The minimum absolute atomic E-state index is 0.0627. The fraction of sp³-hybridized carbons (Fsp3) is 0.391. The zero-order chi connectivity index (χ0) is 19.2. The molecule has 2 aromatic rings. The Bertz CT molecular complexity index is 816. The van der Waals surface area contributed by atoms with Crippen molar-refractivity contribution in [3.05, 3.63) is 70.8 Å². The van der Waals surface area contributed by atoms with Gasteiger partial charge in [0, 0.05) is 38.2 Å². The third-order valence-electron chi connectivity index (χ3n) is 5.11. The summed E-state index contributed by atoms with van der Waals surface area (Å²) in [6.45, 7) is 6.71. The molecule has 0 saturated carbocycles. The van der Waals surface area contributed by atoms with E-state index in [9.17, 15) is 9.59 Å². The van der Waals surface area contributed by atoms with Gasteiger partial charge in [0.2, 0.25) is 5.91 Å². The van der Waals surface area contributed by atoms with Crippen LogP contribution in [0.5, 0.6) is 0 Å². The molecule has 4 nitrogen and oxygen atoms in total. The number of rotatable bonds is 4. The van der Waals surface area contributed by atoms with Crippen LogP contribution in [-0.2, 0) is 11.2 Å². The van der Waals surface area contributed by atoms with Crippen molar-refractivity contribution in [2.75, 3.05) is 26.2 Å². The first-order valence-corrected chi connectivity index (χ1v) is 9.72. The van der Waals surface area contributed by atoms with Crippen molar-refractivity contribution >= 4 is 11.8 Å². The molecular formula is C23H28N2O2. The lowest BCUT2D eigenvalue weighted by Gasteiger charge is -2.22. The zero-order valence-electron chi connectivity index (χ0n) is 16.3. The maximum Gasteiger partial charge on any atom is 0.253 e. The molecule has 1 aliphatic rings. The van der Waals surface area contributed by atoms with Gasteiger partial charge in [-0.2, -0.15) is 0 Å². The van der Waals surface area contributed by atoms with Gasteiger partial charge >= 0.3 is 0 Å². The van der Waals surface area contributed by atoms with Crippen LogP contribution in [0.3, 0.4) is 0 Å². The summed E-state index contributed by atoms with van der Waals surface area (Å²) in [7, 11) is 0. The monoisotopic (exact) mass is 364 g/mol. The summed E-state index contributed by atoms with van der Waals surface area (Å²) in [5.74, 6) is 0.245. The highest BCUT2D eigenvalue weighted by Gasteiger charge is 2.22. The summed E-state index contributed by atoms with van der Waals surface area (Å²) in [6.07, 6.45) is 2.12. The van der Waals surface area contributed by atoms with Crippen molar-refractivity contribution in [3.8, 4) is 0 Å². The van der Waals surface area contributed by atoms with E-state index in [2.05, 4.69) is 25.1 Å². The highest BCUT2D eigenvalue weighted by molar-refractivity contribution is 5.94. The number of hydrogen-bond acceptors (Lipinski definition) is 2. The molecule has 0 radical (unpaired) electrons. The zero-order valence-corrected chi connectivity index (χ0v) is 16.3. The summed E-state index contributed by atoms with van der Waals surface area (Å²) in [5, 5.41) is 0. The predicted molar refractivity (Wildman–Crippen MR) is 108 cm³/mol. The minimum Gasteiger partial charge on any atom is -0.341 e. The Morgan fingerprint density at radius 3 is 2.26 bits per heavy atom. The van der Waals surface area contributed by atoms with E-state index in [0.29, 0.717) is 26.1 Å². The number of nitrogens with zero attached hydrogens (tertiary/aromatic N) is 2. The second-order valence-corrected chi connectivity index (χ2v) is 7.39. The van der Waals surface area contributed by atoms with E-state index < -0.39 is 0 Å². The molecule has 0 bridgehead atoms. The lowest BCUT2D eigenvalue weighted by molar-refractivity contribution is -0.131. The fourth-order valence-electron chi connectivity index (χ4n) is 3.61. The summed E-state index contributed by atoms with van der Waals surface area (Å²) < 4.78 is 0. The molecule has 0 N–H and O–H groups in total. The number of amides is 2. The van der Waals surface area contributed by atoms with Crippen molar-refractivity contribution in [2.24, 2.45) is 0 Å². The van der Waals surface area contributed by atoms with Crippen molar-refractivity contribution in [3.63, 3.8) is 0 Å². The van der Waals surface area contributed by atoms with E-state index >= 15 is 0 Å². The highest BCUT2D eigenvalue weighted by Crippen LogP contribution is 2.13. The molecule has 0 aromatic heterocycles. The van der Waals surface area contributed by atoms with Crippen LogP contribution in [0.2, 0.25) is 0 Å². The second-order valence-electron chi connectivity index (χ2n) is 7.39. The van der Waals surface area contributed by atoms with E-state index in [1.54, 1.807) is 0 Å². The van der Waals surface area contributed by atoms with Crippen LogP contribution in [-0.4, -0.2) is 47.8 Å². The first-order chi connectivity index (χ1) is 13.0. The van der Waals surface area contributed by atoms with Crippen LogP contribution < -0.4 is 0 Å². The quantitative estimate of drug-likeness (QED) is 0.831. The molecule has 4 heteroatoms. The topological polar surface area (TPSA) is 40.6 Å². The molecule has 2 amide bonds. The number of carbonyl (C=O) groups excluding carboxylic acids is 2. The van der Waals surface area contributed by atoms with Gasteiger partial charge in [-0.1, -0.05) is 47.5 Å². The molecule has 1 heterocycles. The van der Waals surface area contributed by atoms with Crippen LogP contribution >= 0.6 is 0 Å². The van der Waals surface area contributed by atoms with E-state index in [4.69, 9.17) is 0 Å². The normalized spacial score (nSPS) is 14.7. The van der Waals surface area contributed by atoms with Gasteiger partial charge in [0.25, 0.3) is 5.91 Å². The van der Waals surface area contributed by atoms with E-state index in [-0.39, 0.29) is 11.8 Å². The van der Waals surface area contributed by atoms with Gasteiger partial charge in [-0.3, -0.25) is 9.59 Å². The molecular weight excluding hydrogens is 336 g/mol. The minimum atomic E-state index is 0.0627. The number of carbonyl (C=O) groups is 2. The molecule has 142 valence electrons. The van der Waals surface area contributed by atoms with Crippen LogP contribution in [0.1, 0.15) is 39.9 Å². The Labute approximate surface area is 161 Å². The van der Waals surface area contributed by atoms with Crippen LogP contribution in [0, 0.1) is 13.8 Å². The van der Waals surface area contributed by atoms with E-state index in [1.807, 2.05) is 47.1 Å². The van der Waals surface area contributed by atoms with Crippen LogP contribution in [0.25, 0.3) is 0 Å². The summed E-state index contributed by atoms with van der Waals surface area (Å²) in [4.78, 5) is 29.2. The maximum atomic E-state index is 12.7. The lowest BCUT2D eigenvalue weighted by Crippen LogP contribution is -2.37. The number of hydrogen-bond donors (Lipinski definition) is 0. The van der Waals surface area contributed by atoms with Gasteiger partial charge in [0.1, 0.15) is 0 Å². The number of benzene rings is 2. The van der Waals surface area contributed by atoms with E-state index in [0.717, 1.165) is 30.5 Å². The molecule has 1 aliphatic heterocycles. The summed E-state index contributed by atoms with van der Waals surface area (Å²) in [6, 6.07) is 16.0. The standard InChI is InChI=1S/C23H28N2O2/c1-18-6-3-8-20(16-18)10-11-22(26)24-12-5-13-25(15-14-24)23(27)21-9-4-7-19(2)17-21/h3-4,6-9,16-17H,5,10-15H2,1-2H3. The number of aryl methyl sites for hydroxylation is 3. The van der Waals surface area contributed by atoms with Gasteiger partial charge in [-0.15, -0.1) is 0 Å². The fourth-order valence-corrected chi connectivity index (χ4v) is 3.61. The van der Waals surface area contributed by atoms with Crippen LogP contribution in [0.4, 0.5) is 0 Å². The maximum absolute atomic E-state index is 12.7. The molecule has 1 fully saturated rings. The van der Waals surface area contributed by atoms with Crippen molar-refractivity contribution < 1.29 is 9.59 Å². The molecule has 2 aromatic carbocycles. The Hall–Kier alpha value is -2.62. The van der Waals surface area contributed by atoms with Crippen molar-refractivity contribution in [2.45, 2.75) is 33.1 Å². The first-order valence-electron chi connectivity index (χ1n) is 9.72. The average Bonchev–Trinajstić information content (AvgIpc) is 2.92. The molecule has 27 heavy (non-hydrogen) atoms. The Morgan fingerprint density at radius 1 is 0.852 bits per heavy atom. The van der Waals surface area contributed by atoms with Gasteiger partial charge in [0.15, 0.2) is 0 Å². The molecule has 0 aliphatic carbocycles. The van der Waals surface area contributed by atoms with Crippen LogP contribution in [0.15, 0.2) is 48.5 Å². The molecule has 0 unspecified atom stereocenters. The molecule has 0 atom stereocenters. The smallest absolute Gasteiger partial charge is 0.253 e. The third-order valence-corrected chi connectivity index (χ3v) is 5.11. The largest absolute Gasteiger partial charge is 0.341 e. The molecule has 0 spiro atoms. The van der Waals surface area contributed by atoms with Gasteiger partial charge < -0.3 is 9.80 Å². The van der Waals surface area contributed by atoms with Crippen molar-refractivity contribution in [1.29, 1.82) is 0 Å². The summed E-state index contributed by atoms with van der Waals surface area (Å²) in [5.41, 5.74) is 4.24. The molecule has 3 rings (SSSR count). The third kappa shape index (κ3) is 5.19. The summed E-state index contributed by atoms with van der Waals surface area (Å²) >= 11 is 0. The Kier molecular flexibility index (Phi) is 6.28. The SMILES string of the molecule is Cc1cccc(CCC(=O)N2CCCN(C(=O)c3cccc(C)c3)CC2)c1. The van der Waals surface area contributed by atoms with Crippen molar-refractivity contribution in [1.82, 2.24) is 9.80 Å². The van der Waals surface area contributed by atoms with Gasteiger partial charge in [-0.05, 0) is 44.4 Å². The van der Waals surface area contributed by atoms with Gasteiger partial charge in [0.05, 0.1) is 0 Å². The lowest BCUT2D eigenvalue weighted by atomic mass is 10.1.